The molecule has 0 radical (unpaired) electrons. The fourth-order valence-corrected chi connectivity index (χ4v) is 2.33. The number of halogens is 2. The van der Waals surface area contributed by atoms with E-state index < -0.39 is 0 Å². The molecule has 2 rings (SSSR count). The van der Waals surface area contributed by atoms with Crippen LogP contribution in [0.15, 0.2) is 16.6 Å². The monoisotopic (exact) mass is 287 g/mol. The molecule has 1 N–H and O–H groups in total. The number of ether oxygens (including phenoxy) is 1. The van der Waals surface area contributed by atoms with Crippen LogP contribution in [-0.2, 0) is 4.74 Å². The minimum absolute atomic E-state index is 0.232. The first kappa shape index (κ1) is 11.9. The topological polar surface area (TPSA) is 21.3 Å². The van der Waals surface area contributed by atoms with Crippen LogP contribution < -0.4 is 5.32 Å². The summed E-state index contributed by atoms with van der Waals surface area (Å²) < 4.78 is 19.3. The summed E-state index contributed by atoms with van der Waals surface area (Å²) >= 11 is 3.18. The molecule has 0 spiro atoms. The standard InChI is InChI=1S/C12H15BrFNO/c1-8-5-10(13)11(14)6-12(8)15-9-3-2-4-16-7-9/h5-6,9,15H,2-4,7H2,1H3. The number of hydrogen-bond acceptors (Lipinski definition) is 2. The zero-order valence-electron chi connectivity index (χ0n) is 9.22. The zero-order chi connectivity index (χ0) is 11.5. The zero-order valence-corrected chi connectivity index (χ0v) is 10.8. The Balaban J connectivity index is 2.11. The van der Waals surface area contributed by atoms with E-state index in [9.17, 15) is 4.39 Å². The molecular formula is C12H15BrFNO. The van der Waals surface area contributed by atoms with Gasteiger partial charge < -0.3 is 10.1 Å². The van der Waals surface area contributed by atoms with Gasteiger partial charge in [-0.1, -0.05) is 0 Å². The second-order valence-electron chi connectivity index (χ2n) is 4.14. The van der Waals surface area contributed by atoms with Crippen molar-refractivity contribution in [1.29, 1.82) is 0 Å². The molecule has 0 bridgehead atoms. The third kappa shape index (κ3) is 2.74. The summed E-state index contributed by atoms with van der Waals surface area (Å²) in [6, 6.07) is 3.63. The fourth-order valence-electron chi connectivity index (χ4n) is 1.88. The minimum Gasteiger partial charge on any atom is -0.380 e. The average Bonchev–Trinajstić information content (AvgIpc) is 2.27. The summed E-state index contributed by atoms with van der Waals surface area (Å²) in [7, 11) is 0. The molecule has 4 heteroatoms. The predicted molar refractivity (Wildman–Crippen MR) is 66.3 cm³/mol. The van der Waals surface area contributed by atoms with E-state index in [0.717, 1.165) is 30.7 Å². The third-order valence-corrected chi connectivity index (χ3v) is 3.39. The van der Waals surface area contributed by atoms with Crippen molar-refractivity contribution in [3.63, 3.8) is 0 Å². The van der Waals surface area contributed by atoms with Crippen LogP contribution in [0.25, 0.3) is 0 Å². The van der Waals surface area contributed by atoms with Crippen LogP contribution in [-0.4, -0.2) is 19.3 Å². The molecule has 0 aromatic heterocycles. The molecule has 1 aliphatic heterocycles. The van der Waals surface area contributed by atoms with E-state index in [4.69, 9.17) is 4.74 Å². The van der Waals surface area contributed by atoms with E-state index in [1.807, 2.05) is 6.92 Å². The van der Waals surface area contributed by atoms with Crippen molar-refractivity contribution in [2.75, 3.05) is 18.5 Å². The molecule has 1 atom stereocenters. The first-order chi connectivity index (χ1) is 7.66. The van der Waals surface area contributed by atoms with Gasteiger partial charge in [0.15, 0.2) is 0 Å². The quantitative estimate of drug-likeness (QED) is 0.899. The summed E-state index contributed by atoms with van der Waals surface area (Å²) in [5.41, 5.74) is 1.90. The molecule has 1 unspecified atom stereocenters. The summed E-state index contributed by atoms with van der Waals surface area (Å²) in [5.74, 6) is -0.232. The Hall–Kier alpha value is -0.610. The van der Waals surface area contributed by atoms with Crippen molar-refractivity contribution in [1.82, 2.24) is 0 Å². The van der Waals surface area contributed by atoms with Gasteiger partial charge in [0.05, 0.1) is 11.1 Å². The fraction of sp³-hybridized carbons (Fsp3) is 0.500. The van der Waals surface area contributed by atoms with E-state index in [0.29, 0.717) is 17.1 Å². The Bertz CT molecular complexity index is 378. The maximum atomic E-state index is 13.4. The second-order valence-corrected chi connectivity index (χ2v) is 4.99. The molecule has 0 saturated carbocycles. The van der Waals surface area contributed by atoms with E-state index in [2.05, 4.69) is 21.2 Å². The lowest BCUT2D eigenvalue weighted by molar-refractivity contribution is 0.0876. The van der Waals surface area contributed by atoms with Crippen molar-refractivity contribution in [3.05, 3.63) is 28.0 Å². The maximum Gasteiger partial charge on any atom is 0.139 e. The van der Waals surface area contributed by atoms with Gasteiger partial charge in [-0.3, -0.25) is 0 Å². The van der Waals surface area contributed by atoms with Gasteiger partial charge >= 0.3 is 0 Å². The van der Waals surface area contributed by atoms with Crippen LogP contribution in [0.3, 0.4) is 0 Å². The lowest BCUT2D eigenvalue weighted by atomic mass is 10.1. The highest BCUT2D eigenvalue weighted by atomic mass is 79.9. The first-order valence-corrected chi connectivity index (χ1v) is 6.26. The Kier molecular flexibility index (Phi) is 3.82. The number of hydrogen-bond donors (Lipinski definition) is 1. The normalized spacial score (nSPS) is 20.8. The van der Waals surface area contributed by atoms with Crippen LogP contribution in [0.1, 0.15) is 18.4 Å². The molecule has 1 heterocycles. The van der Waals surface area contributed by atoms with Crippen LogP contribution in [0.5, 0.6) is 0 Å². The van der Waals surface area contributed by atoms with E-state index in [1.54, 1.807) is 6.07 Å². The molecule has 1 aliphatic rings. The smallest absolute Gasteiger partial charge is 0.139 e. The molecule has 1 fully saturated rings. The predicted octanol–water partition coefficient (Wildman–Crippen LogP) is 3.49. The van der Waals surface area contributed by atoms with E-state index in [1.165, 1.54) is 6.07 Å². The Labute approximate surface area is 103 Å². The van der Waals surface area contributed by atoms with Crippen LogP contribution in [0.4, 0.5) is 10.1 Å². The van der Waals surface area contributed by atoms with Crippen molar-refractivity contribution in [3.8, 4) is 0 Å². The molecule has 88 valence electrons. The molecule has 1 aromatic carbocycles. The largest absolute Gasteiger partial charge is 0.380 e. The summed E-state index contributed by atoms with van der Waals surface area (Å²) in [4.78, 5) is 0. The van der Waals surface area contributed by atoms with Gasteiger partial charge in [-0.25, -0.2) is 4.39 Å². The lowest BCUT2D eigenvalue weighted by Crippen LogP contribution is -2.30. The van der Waals surface area contributed by atoms with Gasteiger partial charge in [-0.2, -0.15) is 0 Å². The van der Waals surface area contributed by atoms with E-state index >= 15 is 0 Å². The lowest BCUT2D eigenvalue weighted by Gasteiger charge is -2.25. The molecule has 2 nitrogen and oxygen atoms in total. The SMILES string of the molecule is Cc1cc(Br)c(F)cc1NC1CCCOC1. The second kappa shape index (κ2) is 5.15. The number of anilines is 1. The molecule has 1 saturated heterocycles. The Morgan fingerprint density at radius 3 is 3.00 bits per heavy atom. The highest BCUT2D eigenvalue weighted by molar-refractivity contribution is 9.10. The van der Waals surface area contributed by atoms with Crippen LogP contribution in [0.2, 0.25) is 0 Å². The molecule has 0 aliphatic carbocycles. The van der Waals surface area contributed by atoms with E-state index in [-0.39, 0.29) is 5.82 Å². The van der Waals surface area contributed by atoms with Gasteiger partial charge in [0.25, 0.3) is 0 Å². The molecule has 1 aromatic rings. The van der Waals surface area contributed by atoms with Gasteiger partial charge in [0.1, 0.15) is 5.82 Å². The molecule has 16 heavy (non-hydrogen) atoms. The van der Waals surface area contributed by atoms with Crippen LogP contribution in [0, 0.1) is 12.7 Å². The third-order valence-electron chi connectivity index (χ3n) is 2.79. The highest BCUT2D eigenvalue weighted by Gasteiger charge is 2.15. The van der Waals surface area contributed by atoms with Crippen molar-refractivity contribution in [2.24, 2.45) is 0 Å². The Morgan fingerprint density at radius 2 is 2.31 bits per heavy atom. The summed E-state index contributed by atoms with van der Waals surface area (Å²) in [6.07, 6.45) is 2.15. The number of benzene rings is 1. The van der Waals surface area contributed by atoms with Crippen LogP contribution >= 0.6 is 15.9 Å². The number of nitrogens with one attached hydrogen (secondary N) is 1. The molecule has 0 amide bonds. The van der Waals surface area contributed by atoms with Gasteiger partial charge in [0, 0.05) is 18.3 Å². The van der Waals surface area contributed by atoms with Gasteiger partial charge in [-0.05, 0) is 53.4 Å². The van der Waals surface area contributed by atoms with Crippen molar-refractivity contribution < 1.29 is 9.13 Å². The highest BCUT2D eigenvalue weighted by Crippen LogP contribution is 2.25. The molecular weight excluding hydrogens is 273 g/mol. The first-order valence-electron chi connectivity index (χ1n) is 5.47. The number of rotatable bonds is 2. The van der Waals surface area contributed by atoms with Gasteiger partial charge in [0.2, 0.25) is 0 Å². The van der Waals surface area contributed by atoms with Crippen molar-refractivity contribution >= 4 is 21.6 Å². The summed E-state index contributed by atoms with van der Waals surface area (Å²) in [5, 5.41) is 3.33. The van der Waals surface area contributed by atoms with Gasteiger partial charge in [-0.15, -0.1) is 0 Å². The van der Waals surface area contributed by atoms with Crippen molar-refractivity contribution in [2.45, 2.75) is 25.8 Å². The minimum atomic E-state index is -0.232. The number of aryl methyl sites for hydroxylation is 1. The summed E-state index contributed by atoms with van der Waals surface area (Å²) in [6.45, 7) is 3.51. The maximum absolute atomic E-state index is 13.4. The average molecular weight is 288 g/mol. The Morgan fingerprint density at radius 1 is 1.50 bits per heavy atom.